The van der Waals surface area contributed by atoms with Crippen molar-refractivity contribution in [3.05, 3.63) is 0 Å². The summed E-state index contributed by atoms with van der Waals surface area (Å²) in [4.78, 5) is 24.8. The quantitative estimate of drug-likeness (QED) is 0.628. The second-order valence-corrected chi connectivity index (χ2v) is 4.42. The highest BCUT2D eigenvalue weighted by atomic mass is 16.2. The number of nitrogens with one attached hydrogen (secondary N) is 2. The number of hydrogen-bond donors (Lipinski definition) is 3. The summed E-state index contributed by atoms with van der Waals surface area (Å²) < 4.78 is 0. The Hall–Kier alpha value is -1.14. The van der Waals surface area contributed by atoms with Crippen molar-refractivity contribution in [2.75, 3.05) is 26.2 Å². The van der Waals surface area contributed by atoms with Crippen molar-refractivity contribution < 1.29 is 9.59 Å². The fraction of sp³-hybridized carbons (Fsp3) is 0.818. The van der Waals surface area contributed by atoms with E-state index in [1.165, 1.54) is 0 Å². The van der Waals surface area contributed by atoms with Gasteiger partial charge in [0.1, 0.15) is 0 Å². The van der Waals surface area contributed by atoms with Gasteiger partial charge in [-0.05, 0) is 19.3 Å². The third kappa shape index (κ3) is 5.65. The van der Waals surface area contributed by atoms with Crippen LogP contribution in [0.25, 0.3) is 0 Å². The molecule has 0 aromatic carbocycles. The normalized spacial score (nSPS) is 17.8. The molecule has 0 atom stereocenters. The van der Waals surface area contributed by atoms with Gasteiger partial charge < -0.3 is 11.1 Å². The lowest BCUT2D eigenvalue weighted by Crippen LogP contribution is -2.47. The molecule has 0 saturated carbocycles. The number of amides is 3. The van der Waals surface area contributed by atoms with E-state index in [1.54, 1.807) is 0 Å². The molecule has 1 aliphatic heterocycles. The summed E-state index contributed by atoms with van der Waals surface area (Å²) in [6.45, 7) is 4.46. The lowest BCUT2D eigenvalue weighted by molar-refractivity contribution is -0.121. The summed E-state index contributed by atoms with van der Waals surface area (Å²) in [5.41, 5.74) is 5.77. The molecule has 0 radical (unpaired) electrons. The van der Waals surface area contributed by atoms with Crippen LogP contribution in [0, 0.1) is 0 Å². The minimum Gasteiger partial charge on any atom is -0.338 e. The van der Waals surface area contributed by atoms with Crippen molar-refractivity contribution in [1.82, 2.24) is 15.5 Å². The van der Waals surface area contributed by atoms with E-state index in [0.717, 1.165) is 32.4 Å². The Kier molecular flexibility index (Phi) is 5.93. The molecule has 0 bridgehead atoms. The topological polar surface area (TPSA) is 87.5 Å². The minimum absolute atomic E-state index is 0.252. The zero-order valence-electron chi connectivity index (χ0n) is 10.4. The van der Waals surface area contributed by atoms with E-state index in [0.29, 0.717) is 6.54 Å². The van der Waals surface area contributed by atoms with E-state index in [2.05, 4.69) is 10.6 Å². The molecule has 3 amide bonds. The molecule has 17 heavy (non-hydrogen) atoms. The number of nitrogens with zero attached hydrogens (tertiary/aromatic N) is 1. The van der Waals surface area contributed by atoms with Crippen LogP contribution in [0.2, 0.25) is 0 Å². The molecule has 0 unspecified atom stereocenters. The van der Waals surface area contributed by atoms with Gasteiger partial charge in [0.15, 0.2) is 0 Å². The van der Waals surface area contributed by atoms with Gasteiger partial charge in [-0.25, -0.2) is 4.79 Å². The Labute approximate surface area is 102 Å². The zero-order valence-corrected chi connectivity index (χ0v) is 10.4. The third-order valence-electron chi connectivity index (χ3n) is 2.79. The second kappa shape index (κ2) is 7.24. The van der Waals surface area contributed by atoms with Gasteiger partial charge in [0.25, 0.3) is 0 Å². The maximum absolute atomic E-state index is 11.5. The lowest BCUT2D eigenvalue weighted by Gasteiger charge is -2.29. The summed E-state index contributed by atoms with van der Waals surface area (Å²) in [5.74, 6) is -0.255. The largest absolute Gasteiger partial charge is 0.338 e. The van der Waals surface area contributed by atoms with E-state index in [-0.39, 0.29) is 18.5 Å². The Balaban J connectivity index is 2.18. The molecule has 1 fully saturated rings. The summed E-state index contributed by atoms with van der Waals surface area (Å²) in [7, 11) is 0. The van der Waals surface area contributed by atoms with Gasteiger partial charge in [-0.3, -0.25) is 15.0 Å². The number of likely N-dealkylation sites (tertiary alicyclic amines) is 1. The van der Waals surface area contributed by atoms with Crippen molar-refractivity contribution in [2.45, 2.75) is 32.2 Å². The zero-order chi connectivity index (χ0) is 12.7. The van der Waals surface area contributed by atoms with Gasteiger partial charge in [0.05, 0.1) is 6.54 Å². The van der Waals surface area contributed by atoms with Crippen molar-refractivity contribution in [3.8, 4) is 0 Å². The summed E-state index contributed by atoms with van der Waals surface area (Å²) >= 11 is 0. The van der Waals surface area contributed by atoms with E-state index < -0.39 is 6.03 Å². The van der Waals surface area contributed by atoms with Crippen LogP contribution in [-0.4, -0.2) is 49.1 Å². The van der Waals surface area contributed by atoms with Crippen LogP contribution >= 0.6 is 0 Å². The molecule has 1 heterocycles. The first-order valence-corrected chi connectivity index (χ1v) is 6.17. The fourth-order valence-electron chi connectivity index (χ4n) is 1.76. The highest BCUT2D eigenvalue weighted by Gasteiger charge is 2.18. The van der Waals surface area contributed by atoms with Crippen molar-refractivity contribution in [1.29, 1.82) is 0 Å². The molecule has 0 aromatic rings. The van der Waals surface area contributed by atoms with Gasteiger partial charge in [0.2, 0.25) is 5.91 Å². The van der Waals surface area contributed by atoms with Gasteiger partial charge in [0, 0.05) is 25.7 Å². The predicted octanol–water partition coefficient (Wildman–Crippen LogP) is -0.355. The number of hydrogen-bond acceptors (Lipinski definition) is 4. The van der Waals surface area contributed by atoms with Crippen LogP contribution in [0.1, 0.15) is 26.2 Å². The second-order valence-electron chi connectivity index (χ2n) is 4.42. The minimum atomic E-state index is -0.412. The summed E-state index contributed by atoms with van der Waals surface area (Å²) in [6.07, 6.45) is 2.68. The molecular formula is C11H22N4O2. The number of piperidine rings is 1. The van der Waals surface area contributed by atoms with Gasteiger partial charge in [-0.15, -0.1) is 0 Å². The molecule has 0 spiro atoms. The highest BCUT2D eigenvalue weighted by molar-refractivity contribution is 5.95. The number of imide groups is 1. The molecule has 4 N–H and O–H groups in total. The number of nitrogens with two attached hydrogens (primary N) is 1. The average Bonchev–Trinajstić information content (AvgIpc) is 2.29. The van der Waals surface area contributed by atoms with E-state index in [1.807, 2.05) is 11.8 Å². The molecule has 0 aliphatic carbocycles. The van der Waals surface area contributed by atoms with Crippen molar-refractivity contribution >= 4 is 11.9 Å². The smallest absolute Gasteiger partial charge is 0.321 e. The molecule has 1 rings (SSSR count). The number of carbonyl (C=O) groups is 2. The van der Waals surface area contributed by atoms with E-state index in [9.17, 15) is 9.59 Å². The maximum atomic E-state index is 11.5. The van der Waals surface area contributed by atoms with Crippen LogP contribution in [0.3, 0.4) is 0 Å². The molecule has 1 aliphatic rings. The van der Waals surface area contributed by atoms with Crippen LogP contribution in [0.5, 0.6) is 0 Å². The summed E-state index contributed by atoms with van der Waals surface area (Å²) in [5, 5.41) is 4.91. The molecule has 6 nitrogen and oxygen atoms in total. The standard InChI is InChI=1S/C11H22N4O2/c1-2-5-13-11(17)14-10(16)8-15-6-3-9(12)4-7-15/h9H,2-8,12H2,1H3,(H2,13,14,16,17). The molecule has 1 saturated heterocycles. The van der Waals surface area contributed by atoms with Gasteiger partial charge in [-0.2, -0.15) is 0 Å². The van der Waals surface area contributed by atoms with Crippen LogP contribution in [0.4, 0.5) is 4.79 Å². The van der Waals surface area contributed by atoms with E-state index >= 15 is 0 Å². The van der Waals surface area contributed by atoms with Crippen LogP contribution in [0.15, 0.2) is 0 Å². The number of urea groups is 1. The Bertz CT molecular complexity index is 262. The van der Waals surface area contributed by atoms with Crippen molar-refractivity contribution in [3.63, 3.8) is 0 Å². The SMILES string of the molecule is CCCNC(=O)NC(=O)CN1CCC(N)CC1. The maximum Gasteiger partial charge on any atom is 0.321 e. The Morgan fingerprint density at radius 2 is 2.00 bits per heavy atom. The molecule has 98 valence electrons. The van der Waals surface area contributed by atoms with Gasteiger partial charge >= 0.3 is 6.03 Å². The van der Waals surface area contributed by atoms with Crippen molar-refractivity contribution in [2.24, 2.45) is 5.73 Å². The Morgan fingerprint density at radius 3 is 2.59 bits per heavy atom. The lowest BCUT2D eigenvalue weighted by atomic mass is 10.1. The molecule has 6 heteroatoms. The van der Waals surface area contributed by atoms with Crippen LogP contribution in [-0.2, 0) is 4.79 Å². The van der Waals surface area contributed by atoms with Gasteiger partial charge in [-0.1, -0.05) is 6.92 Å². The first kappa shape index (κ1) is 13.9. The summed E-state index contributed by atoms with van der Waals surface area (Å²) in [6, 6.07) is -0.160. The number of rotatable bonds is 4. The third-order valence-corrected chi connectivity index (χ3v) is 2.79. The first-order chi connectivity index (χ1) is 8.11. The van der Waals surface area contributed by atoms with E-state index in [4.69, 9.17) is 5.73 Å². The average molecular weight is 242 g/mol. The number of carbonyl (C=O) groups excluding carboxylic acids is 2. The Morgan fingerprint density at radius 1 is 1.35 bits per heavy atom. The fourth-order valence-corrected chi connectivity index (χ4v) is 1.76. The molecule has 0 aromatic heterocycles. The monoisotopic (exact) mass is 242 g/mol. The highest BCUT2D eigenvalue weighted by Crippen LogP contribution is 2.06. The molecular weight excluding hydrogens is 220 g/mol. The first-order valence-electron chi connectivity index (χ1n) is 6.17. The van der Waals surface area contributed by atoms with Crippen LogP contribution < -0.4 is 16.4 Å². The predicted molar refractivity (Wildman–Crippen MR) is 65.5 cm³/mol.